The smallest absolute Gasteiger partial charge is 0.317 e. The Kier molecular flexibility index (Phi) is 6.68. The van der Waals surface area contributed by atoms with Crippen LogP contribution in [0.2, 0.25) is 0 Å². The number of nitrogens with one attached hydrogen (secondary N) is 1. The molecule has 0 aromatic heterocycles. The van der Waals surface area contributed by atoms with Crippen molar-refractivity contribution in [3.63, 3.8) is 0 Å². The molecular weight excluding hydrogens is 278 g/mol. The molecule has 0 bridgehead atoms. The molecule has 0 aliphatic carbocycles. The highest BCUT2D eigenvalue weighted by atomic mass is 16.5. The van der Waals surface area contributed by atoms with E-state index in [1.807, 2.05) is 4.90 Å². The fraction of sp³-hybridized carbons (Fsp3) is 0.588. The summed E-state index contributed by atoms with van der Waals surface area (Å²) in [4.78, 5) is 16.3. The second-order valence-electron chi connectivity index (χ2n) is 5.83. The molecule has 1 saturated heterocycles. The number of amides is 2. The van der Waals surface area contributed by atoms with Crippen LogP contribution in [0, 0.1) is 6.92 Å². The molecule has 0 saturated carbocycles. The first-order valence-electron chi connectivity index (χ1n) is 7.98. The lowest BCUT2D eigenvalue weighted by molar-refractivity contribution is 0.134. The summed E-state index contributed by atoms with van der Waals surface area (Å²) >= 11 is 0. The molecule has 0 unspecified atom stereocenters. The van der Waals surface area contributed by atoms with E-state index in [2.05, 4.69) is 41.4 Å². The largest absolute Gasteiger partial charge is 0.385 e. The minimum Gasteiger partial charge on any atom is -0.385 e. The molecule has 1 aromatic rings. The Bertz CT molecular complexity index is 453. The van der Waals surface area contributed by atoms with Gasteiger partial charge >= 0.3 is 6.03 Å². The average Bonchev–Trinajstić information content (AvgIpc) is 2.54. The molecule has 5 nitrogen and oxygen atoms in total. The Morgan fingerprint density at radius 2 is 1.86 bits per heavy atom. The Morgan fingerprint density at radius 1 is 1.18 bits per heavy atom. The third kappa shape index (κ3) is 5.31. The maximum atomic E-state index is 12.0. The van der Waals surface area contributed by atoms with Crippen LogP contribution in [0.15, 0.2) is 24.3 Å². The Balaban J connectivity index is 1.68. The molecule has 0 spiro atoms. The minimum absolute atomic E-state index is 0.0473. The van der Waals surface area contributed by atoms with Gasteiger partial charge in [-0.2, -0.15) is 0 Å². The highest BCUT2D eigenvalue weighted by Crippen LogP contribution is 2.10. The zero-order chi connectivity index (χ0) is 15.8. The number of piperazine rings is 1. The Hall–Kier alpha value is -1.59. The maximum Gasteiger partial charge on any atom is 0.317 e. The summed E-state index contributed by atoms with van der Waals surface area (Å²) in [5, 5.41) is 2.95. The monoisotopic (exact) mass is 305 g/mol. The summed E-state index contributed by atoms with van der Waals surface area (Å²) < 4.78 is 4.98. The van der Waals surface area contributed by atoms with Crippen LogP contribution in [0.25, 0.3) is 0 Å². The van der Waals surface area contributed by atoms with Gasteiger partial charge in [0.1, 0.15) is 0 Å². The normalized spacial score (nSPS) is 15.8. The van der Waals surface area contributed by atoms with Crippen LogP contribution in [-0.4, -0.2) is 62.3 Å². The number of urea groups is 1. The van der Waals surface area contributed by atoms with E-state index in [-0.39, 0.29) is 6.03 Å². The maximum absolute atomic E-state index is 12.0. The number of carbonyl (C=O) groups is 1. The van der Waals surface area contributed by atoms with Gasteiger partial charge in [-0.1, -0.05) is 29.8 Å². The van der Waals surface area contributed by atoms with Gasteiger partial charge in [0.05, 0.1) is 0 Å². The summed E-state index contributed by atoms with van der Waals surface area (Å²) in [6, 6.07) is 8.72. The van der Waals surface area contributed by atoms with Gasteiger partial charge in [0.15, 0.2) is 0 Å². The van der Waals surface area contributed by atoms with Crippen molar-refractivity contribution in [1.82, 2.24) is 15.1 Å². The van der Waals surface area contributed by atoms with Crippen molar-refractivity contribution in [2.75, 3.05) is 46.4 Å². The number of rotatable bonds is 6. The van der Waals surface area contributed by atoms with Gasteiger partial charge in [-0.3, -0.25) is 4.90 Å². The van der Waals surface area contributed by atoms with Gasteiger partial charge in [0.2, 0.25) is 0 Å². The first kappa shape index (κ1) is 16.8. The van der Waals surface area contributed by atoms with Crippen LogP contribution < -0.4 is 5.32 Å². The number of ether oxygens (including phenoxy) is 1. The van der Waals surface area contributed by atoms with Crippen molar-refractivity contribution >= 4 is 6.03 Å². The van der Waals surface area contributed by atoms with E-state index in [1.54, 1.807) is 7.11 Å². The number of aryl methyl sites for hydroxylation is 1. The molecule has 22 heavy (non-hydrogen) atoms. The molecule has 1 N–H and O–H groups in total. The van der Waals surface area contributed by atoms with E-state index in [1.165, 1.54) is 11.1 Å². The number of carbonyl (C=O) groups excluding carboxylic acids is 1. The van der Waals surface area contributed by atoms with Crippen molar-refractivity contribution < 1.29 is 9.53 Å². The second kappa shape index (κ2) is 8.76. The van der Waals surface area contributed by atoms with Gasteiger partial charge in [0, 0.05) is 53.0 Å². The van der Waals surface area contributed by atoms with Gasteiger partial charge < -0.3 is 15.0 Å². The van der Waals surface area contributed by atoms with Gasteiger partial charge in [-0.25, -0.2) is 4.79 Å². The van der Waals surface area contributed by atoms with Crippen LogP contribution >= 0.6 is 0 Å². The topological polar surface area (TPSA) is 44.8 Å². The second-order valence-corrected chi connectivity index (χ2v) is 5.83. The van der Waals surface area contributed by atoms with Gasteiger partial charge in [0.25, 0.3) is 0 Å². The summed E-state index contributed by atoms with van der Waals surface area (Å²) in [6.07, 6.45) is 0.857. The third-order valence-corrected chi connectivity index (χ3v) is 3.99. The molecule has 1 aromatic carbocycles. The molecule has 2 rings (SSSR count). The zero-order valence-electron chi connectivity index (χ0n) is 13.7. The number of benzene rings is 1. The highest BCUT2D eigenvalue weighted by Gasteiger charge is 2.20. The minimum atomic E-state index is 0.0473. The predicted octanol–water partition coefficient (Wildman–Crippen LogP) is 1.86. The number of hydrogen-bond donors (Lipinski definition) is 1. The Labute approximate surface area is 133 Å². The lowest BCUT2D eigenvalue weighted by Crippen LogP contribution is -2.51. The van der Waals surface area contributed by atoms with Crippen LogP contribution in [0.4, 0.5) is 4.79 Å². The molecule has 1 heterocycles. The molecular formula is C17H27N3O2. The molecule has 1 aliphatic heterocycles. The first-order chi connectivity index (χ1) is 10.7. The molecule has 2 amide bonds. The van der Waals surface area contributed by atoms with Crippen LogP contribution in [0.5, 0.6) is 0 Å². The fourth-order valence-corrected chi connectivity index (χ4v) is 2.58. The average molecular weight is 305 g/mol. The van der Waals surface area contributed by atoms with Gasteiger partial charge in [-0.15, -0.1) is 0 Å². The van der Waals surface area contributed by atoms with Crippen molar-refractivity contribution in [2.24, 2.45) is 0 Å². The van der Waals surface area contributed by atoms with E-state index in [9.17, 15) is 4.79 Å². The standard InChI is InChI=1S/C17H27N3O2/c1-15-4-6-16(7-5-15)14-19-9-11-20(12-10-19)17(21)18-8-3-13-22-2/h4-7H,3,8-14H2,1-2H3,(H,18,21). The van der Waals surface area contributed by atoms with E-state index in [0.717, 1.165) is 39.1 Å². The highest BCUT2D eigenvalue weighted by molar-refractivity contribution is 5.74. The van der Waals surface area contributed by atoms with Gasteiger partial charge in [-0.05, 0) is 18.9 Å². The van der Waals surface area contributed by atoms with Crippen molar-refractivity contribution in [3.05, 3.63) is 35.4 Å². The molecule has 1 fully saturated rings. The fourth-order valence-electron chi connectivity index (χ4n) is 2.58. The van der Waals surface area contributed by atoms with E-state index in [4.69, 9.17) is 4.74 Å². The van der Waals surface area contributed by atoms with E-state index >= 15 is 0 Å². The molecule has 0 atom stereocenters. The lowest BCUT2D eigenvalue weighted by atomic mass is 10.1. The van der Waals surface area contributed by atoms with Crippen molar-refractivity contribution in [2.45, 2.75) is 19.9 Å². The molecule has 0 radical (unpaired) electrons. The van der Waals surface area contributed by atoms with Crippen LogP contribution in [0.1, 0.15) is 17.5 Å². The summed E-state index contributed by atoms with van der Waals surface area (Å²) in [5.41, 5.74) is 2.63. The van der Waals surface area contributed by atoms with Crippen molar-refractivity contribution in [3.8, 4) is 0 Å². The molecule has 5 heteroatoms. The third-order valence-electron chi connectivity index (χ3n) is 3.99. The zero-order valence-corrected chi connectivity index (χ0v) is 13.7. The van der Waals surface area contributed by atoms with Crippen molar-refractivity contribution in [1.29, 1.82) is 0 Å². The van der Waals surface area contributed by atoms with E-state index < -0.39 is 0 Å². The van der Waals surface area contributed by atoms with Crippen LogP contribution in [-0.2, 0) is 11.3 Å². The number of methoxy groups -OCH3 is 1. The quantitative estimate of drug-likeness (QED) is 0.816. The Morgan fingerprint density at radius 3 is 2.50 bits per heavy atom. The SMILES string of the molecule is COCCCNC(=O)N1CCN(Cc2ccc(C)cc2)CC1. The first-order valence-corrected chi connectivity index (χ1v) is 7.98. The summed E-state index contributed by atoms with van der Waals surface area (Å²) in [6.45, 7) is 7.88. The summed E-state index contributed by atoms with van der Waals surface area (Å²) in [5.74, 6) is 0. The molecule has 1 aliphatic rings. The van der Waals surface area contributed by atoms with E-state index in [0.29, 0.717) is 13.2 Å². The lowest BCUT2D eigenvalue weighted by Gasteiger charge is -2.34. The summed E-state index contributed by atoms with van der Waals surface area (Å²) in [7, 11) is 1.68. The molecule has 122 valence electrons. The number of nitrogens with zero attached hydrogens (tertiary/aromatic N) is 2. The number of hydrogen-bond acceptors (Lipinski definition) is 3. The van der Waals surface area contributed by atoms with Crippen LogP contribution in [0.3, 0.4) is 0 Å². The predicted molar refractivity (Wildman–Crippen MR) is 87.9 cm³/mol.